The molecule has 0 saturated heterocycles. The molecule has 2 N–H and O–H groups in total. The summed E-state index contributed by atoms with van der Waals surface area (Å²) >= 11 is 1.49. The number of benzene rings is 2. The minimum absolute atomic E-state index is 0.217. The van der Waals surface area contributed by atoms with Crippen LogP contribution in [0.2, 0.25) is 0 Å². The van der Waals surface area contributed by atoms with Crippen molar-refractivity contribution in [3.05, 3.63) is 65.5 Å². The van der Waals surface area contributed by atoms with E-state index in [1.165, 1.54) is 11.3 Å². The molecule has 0 unspecified atom stereocenters. The first-order chi connectivity index (χ1) is 10.7. The molecule has 0 saturated carbocycles. The van der Waals surface area contributed by atoms with E-state index in [1.54, 1.807) is 12.1 Å². The normalized spacial score (nSPS) is 11.4. The maximum atomic E-state index is 9.81. The van der Waals surface area contributed by atoms with Gasteiger partial charge >= 0.3 is 0 Å². The Morgan fingerprint density at radius 3 is 2.59 bits per heavy atom. The molecular weight excluding hydrogens is 294 g/mol. The highest BCUT2D eigenvalue weighted by Gasteiger charge is 2.05. The van der Waals surface area contributed by atoms with Crippen molar-refractivity contribution in [2.24, 2.45) is 5.10 Å². The Balaban J connectivity index is 1.76. The molecule has 5 heteroatoms. The first kappa shape index (κ1) is 14.3. The van der Waals surface area contributed by atoms with Gasteiger partial charge in [-0.1, -0.05) is 42.5 Å². The van der Waals surface area contributed by atoms with Crippen LogP contribution >= 0.6 is 11.3 Å². The van der Waals surface area contributed by atoms with E-state index in [0.29, 0.717) is 16.4 Å². The molecule has 3 rings (SSSR count). The van der Waals surface area contributed by atoms with Crippen LogP contribution < -0.4 is 5.43 Å². The minimum Gasteiger partial charge on any atom is -0.507 e. The van der Waals surface area contributed by atoms with Gasteiger partial charge in [-0.15, -0.1) is 11.3 Å². The van der Waals surface area contributed by atoms with E-state index in [-0.39, 0.29) is 5.75 Å². The Kier molecular flexibility index (Phi) is 4.16. The molecule has 1 heterocycles. The van der Waals surface area contributed by atoms with Crippen LogP contribution in [0.1, 0.15) is 12.5 Å². The molecular formula is C17H15N3OS. The number of hydrazone groups is 1. The van der Waals surface area contributed by atoms with E-state index in [1.807, 2.05) is 54.8 Å². The summed E-state index contributed by atoms with van der Waals surface area (Å²) in [7, 11) is 0. The quantitative estimate of drug-likeness (QED) is 0.556. The average Bonchev–Trinajstić information content (AvgIpc) is 3.03. The molecule has 0 aliphatic heterocycles. The summed E-state index contributed by atoms with van der Waals surface area (Å²) in [4.78, 5) is 4.51. The molecule has 110 valence electrons. The zero-order valence-corrected chi connectivity index (χ0v) is 12.8. The van der Waals surface area contributed by atoms with Crippen LogP contribution in [0.3, 0.4) is 0 Å². The lowest BCUT2D eigenvalue weighted by atomic mass is 10.1. The predicted molar refractivity (Wildman–Crippen MR) is 91.5 cm³/mol. The van der Waals surface area contributed by atoms with Gasteiger partial charge in [-0.05, 0) is 19.1 Å². The first-order valence-electron chi connectivity index (χ1n) is 6.83. The molecule has 22 heavy (non-hydrogen) atoms. The number of nitrogens with one attached hydrogen (secondary N) is 1. The second-order valence-corrected chi connectivity index (χ2v) is 5.59. The van der Waals surface area contributed by atoms with Gasteiger partial charge in [-0.3, -0.25) is 5.43 Å². The minimum atomic E-state index is 0.217. The predicted octanol–water partition coefficient (Wildman–Crippen LogP) is 4.35. The average molecular weight is 309 g/mol. The monoisotopic (exact) mass is 309 g/mol. The lowest BCUT2D eigenvalue weighted by molar-refractivity contribution is 0.474. The molecule has 2 aromatic carbocycles. The number of hydrogen-bond donors (Lipinski definition) is 2. The van der Waals surface area contributed by atoms with Crippen LogP contribution in [0.15, 0.2) is 65.1 Å². The Bertz CT molecular complexity index is 796. The van der Waals surface area contributed by atoms with Crippen molar-refractivity contribution in [1.29, 1.82) is 0 Å². The van der Waals surface area contributed by atoms with Gasteiger partial charge in [-0.2, -0.15) is 5.10 Å². The Hall–Kier alpha value is -2.66. The van der Waals surface area contributed by atoms with E-state index in [2.05, 4.69) is 15.5 Å². The van der Waals surface area contributed by atoms with E-state index in [4.69, 9.17) is 0 Å². The van der Waals surface area contributed by atoms with Crippen molar-refractivity contribution in [3.8, 4) is 17.0 Å². The fourth-order valence-electron chi connectivity index (χ4n) is 2.04. The third kappa shape index (κ3) is 3.15. The molecule has 0 radical (unpaired) electrons. The number of aromatic nitrogens is 1. The van der Waals surface area contributed by atoms with Gasteiger partial charge in [-0.25, -0.2) is 4.98 Å². The molecule has 1 aromatic heterocycles. The van der Waals surface area contributed by atoms with E-state index in [0.717, 1.165) is 11.3 Å². The van der Waals surface area contributed by atoms with Crippen molar-refractivity contribution < 1.29 is 5.11 Å². The second-order valence-electron chi connectivity index (χ2n) is 4.73. The number of anilines is 1. The van der Waals surface area contributed by atoms with Crippen LogP contribution in [0.4, 0.5) is 5.13 Å². The SMILES string of the molecule is C/C(=N\Nc1nc(-c2ccccc2)cs1)c1ccccc1O. The van der Waals surface area contributed by atoms with E-state index < -0.39 is 0 Å². The lowest BCUT2D eigenvalue weighted by Crippen LogP contribution is -1.99. The maximum Gasteiger partial charge on any atom is 0.203 e. The summed E-state index contributed by atoms with van der Waals surface area (Å²) in [6.45, 7) is 1.84. The van der Waals surface area contributed by atoms with Crippen LogP contribution in [-0.4, -0.2) is 15.8 Å². The Morgan fingerprint density at radius 2 is 1.82 bits per heavy atom. The number of phenolic OH excluding ortho intramolecular Hbond substituents is 1. The summed E-state index contributed by atoms with van der Waals surface area (Å²) in [5.74, 6) is 0.217. The van der Waals surface area contributed by atoms with E-state index >= 15 is 0 Å². The molecule has 0 amide bonds. The molecule has 0 bridgehead atoms. The van der Waals surface area contributed by atoms with Gasteiger partial charge in [0.15, 0.2) is 0 Å². The molecule has 0 fully saturated rings. The largest absolute Gasteiger partial charge is 0.507 e. The Labute approximate surface area is 132 Å². The number of aromatic hydroxyl groups is 1. The molecule has 4 nitrogen and oxygen atoms in total. The third-order valence-electron chi connectivity index (χ3n) is 3.19. The first-order valence-corrected chi connectivity index (χ1v) is 7.71. The van der Waals surface area contributed by atoms with Crippen LogP contribution in [0, 0.1) is 0 Å². The zero-order chi connectivity index (χ0) is 15.4. The molecule has 0 atom stereocenters. The number of phenols is 1. The number of thiazole rings is 1. The third-order valence-corrected chi connectivity index (χ3v) is 3.93. The van der Waals surface area contributed by atoms with Crippen molar-refractivity contribution >= 4 is 22.2 Å². The van der Waals surface area contributed by atoms with Crippen LogP contribution in [0.25, 0.3) is 11.3 Å². The van der Waals surface area contributed by atoms with Crippen molar-refractivity contribution in [2.75, 3.05) is 5.43 Å². The fraction of sp³-hybridized carbons (Fsp3) is 0.0588. The summed E-state index contributed by atoms with van der Waals surface area (Å²) < 4.78 is 0. The summed E-state index contributed by atoms with van der Waals surface area (Å²) in [5.41, 5.74) is 6.35. The highest BCUT2D eigenvalue weighted by molar-refractivity contribution is 7.14. The standard InChI is InChI=1S/C17H15N3OS/c1-12(14-9-5-6-10-16(14)21)19-20-17-18-15(11-22-17)13-7-3-2-4-8-13/h2-11,21H,1H3,(H,18,20)/b19-12+. The van der Waals surface area contributed by atoms with Gasteiger partial charge in [0.25, 0.3) is 0 Å². The van der Waals surface area contributed by atoms with Gasteiger partial charge < -0.3 is 5.11 Å². The molecule has 0 aliphatic rings. The molecule has 0 spiro atoms. The smallest absolute Gasteiger partial charge is 0.203 e. The Morgan fingerprint density at radius 1 is 1.09 bits per heavy atom. The van der Waals surface area contributed by atoms with E-state index in [9.17, 15) is 5.11 Å². The highest BCUT2D eigenvalue weighted by atomic mass is 32.1. The fourth-order valence-corrected chi connectivity index (χ4v) is 2.70. The van der Waals surface area contributed by atoms with Crippen LogP contribution in [0.5, 0.6) is 5.75 Å². The second kappa shape index (κ2) is 6.41. The van der Waals surface area contributed by atoms with Crippen molar-refractivity contribution in [1.82, 2.24) is 4.98 Å². The maximum absolute atomic E-state index is 9.81. The zero-order valence-electron chi connectivity index (χ0n) is 12.0. The number of rotatable bonds is 4. The lowest BCUT2D eigenvalue weighted by Gasteiger charge is -2.03. The van der Waals surface area contributed by atoms with Gasteiger partial charge in [0, 0.05) is 16.5 Å². The summed E-state index contributed by atoms with van der Waals surface area (Å²) in [5, 5.41) is 16.8. The van der Waals surface area contributed by atoms with Crippen molar-refractivity contribution in [2.45, 2.75) is 6.92 Å². The van der Waals surface area contributed by atoms with Crippen molar-refractivity contribution in [3.63, 3.8) is 0 Å². The number of nitrogens with zero attached hydrogens (tertiary/aromatic N) is 2. The number of hydrogen-bond acceptors (Lipinski definition) is 5. The van der Waals surface area contributed by atoms with Gasteiger partial charge in [0.2, 0.25) is 5.13 Å². The van der Waals surface area contributed by atoms with Crippen LogP contribution in [-0.2, 0) is 0 Å². The highest BCUT2D eigenvalue weighted by Crippen LogP contribution is 2.25. The molecule has 3 aromatic rings. The van der Waals surface area contributed by atoms with Gasteiger partial charge in [0.1, 0.15) is 5.75 Å². The summed E-state index contributed by atoms with van der Waals surface area (Å²) in [6.07, 6.45) is 0. The summed E-state index contributed by atoms with van der Waals surface area (Å²) in [6, 6.07) is 17.1. The topological polar surface area (TPSA) is 57.5 Å². The number of para-hydroxylation sites is 1. The van der Waals surface area contributed by atoms with Gasteiger partial charge in [0.05, 0.1) is 11.4 Å². The molecule has 0 aliphatic carbocycles.